The predicted octanol–water partition coefficient (Wildman–Crippen LogP) is 2.64. The van der Waals surface area contributed by atoms with Crippen molar-refractivity contribution in [3.63, 3.8) is 0 Å². The van der Waals surface area contributed by atoms with E-state index in [1.807, 2.05) is 12.1 Å². The summed E-state index contributed by atoms with van der Waals surface area (Å²) < 4.78 is 5.81. The second-order valence-corrected chi connectivity index (χ2v) is 5.11. The first-order chi connectivity index (χ1) is 7.84. The fourth-order valence-corrected chi connectivity index (χ4v) is 3.03. The van der Waals surface area contributed by atoms with E-state index in [2.05, 4.69) is 11.4 Å². The third-order valence-electron chi connectivity index (χ3n) is 3.64. The van der Waals surface area contributed by atoms with E-state index in [1.165, 1.54) is 18.4 Å². The van der Waals surface area contributed by atoms with Crippen LogP contribution in [0.3, 0.4) is 0 Å². The van der Waals surface area contributed by atoms with Crippen LogP contribution in [0.1, 0.15) is 18.4 Å². The molecule has 0 radical (unpaired) electrons. The molecule has 0 aromatic heterocycles. The zero-order valence-corrected chi connectivity index (χ0v) is 9.96. The Balaban J connectivity index is 1.80. The minimum Gasteiger partial charge on any atom is -0.491 e. The Bertz CT molecular complexity index is 388. The first-order valence-corrected chi connectivity index (χ1v) is 6.36. The van der Waals surface area contributed by atoms with Crippen molar-refractivity contribution in [3.8, 4) is 5.75 Å². The van der Waals surface area contributed by atoms with Crippen LogP contribution in [0.5, 0.6) is 5.75 Å². The molecule has 0 aliphatic carbocycles. The molecule has 2 atom stereocenters. The molecule has 2 unspecified atom stereocenters. The Morgan fingerprint density at radius 3 is 3.12 bits per heavy atom. The fourth-order valence-electron chi connectivity index (χ4n) is 2.78. The number of hydrogen-bond donors (Lipinski definition) is 1. The average molecular weight is 238 g/mol. The quantitative estimate of drug-likeness (QED) is 0.811. The Morgan fingerprint density at radius 1 is 1.38 bits per heavy atom. The highest BCUT2D eigenvalue weighted by Gasteiger charge is 2.29. The summed E-state index contributed by atoms with van der Waals surface area (Å²) in [6.45, 7) is 1.96. The molecule has 16 heavy (non-hydrogen) atoms. The van der Waals surface area contributed by atoms with Gasteiger partial charge >= 0.3 is 0 Å². The van der Waals surface area contributed by atoms with Gasteiger partial charge in [-0.05, 0) is 37.4 Å². The molecule has 1 N–H and O–H groups in total. The minimum atomic E-state index is 0.605. The summed E-state index contributed by atoms with van der Waals surface area (Å²) >= 11 is 6.11. The second-order valence-electron chi connectivity index (χ2n) is 4.71. The molecule has 0 amide bonds. The van der Waals surface area contributed by atoms with Crippen LogP contribution in [0.2, 0.25) is 5.02 Å². The summed E-state index contributed by atoms with van der Waals surface area (Å²) in [5.41, 5.74) is 1.26. The Morgan fingerprint density at radius 2 is 2.31 bits per heavy atom. The van der Waals surface area contributed by atoms with Crippen LogP contribution in [0.15, 0.2) is 18.2 Å². The Kier molecular flexibility index (Phi) is 2.78. The van der Waals surface area contributed by atoms with Crippen molar-refractivity contribution in [1.29, 1.82) is 0 Å². The molecule has 86 valence electrons. The van der Waals surface area contributed by atoms with Gasteiger partial charge in [0.25, 0.3) is 0 Å². The van der Waals surface area contributed by atoms with E-state index in [0.29, 0.717) is 12.0 Å². The third kappa shape index (κ3) is 1.80. The molecule has 0 saturated carbocycles. The van der Waals surface area contributed by atoms with E-state index < -0.39 is 0 Å². The van der Waals surface area contributed by atoms with Crippen molar-refractivity contribution in [2.75, 3.05) is 13.2 Å². The predicted molar refractivity (Wildman–Crippen MR) is 65.2 cm³/mol. The van der Waals surface area contributed by atoms with Crippen LogP contribution >= 0.6 is 11.6 Å². The number of rotatable bonds is 1. The molecule has 2 nitrogen and oxygen atoms in total. The largest absolute Gasteiger partial charge is 0.491 e. The van der Waals surface area contributed by atoms with Crippen molar-refractivity contribution in [2.45, 2.75) is 25.3 Å². The average Bonchev–Trinajstić information content (AvgIpc) is 2.82. The van der Waals surface area contributed by atoms with E-state index >= 15 is 0 Å². The van der Waals surface area contributed by atoms with Gasteiger partial charge in [0.15, 0.2) is 0 Å². The molecule has 1 fully saturated rings. The van der Waals surface area contributed by atoms with Gasteiger partial charge in [-0.15, -0.1) is 0 Å². The van der Waals surface area contributed by atoms with Crippen LogP contribution < -0.4 is 10.1 Å². The van der Waals surface area contributed by atoms with Crippen LogP contribution in [0.25, 0.3) is 0 Å². The maximum atomic E-state index is 6.11. The fraction of sp³-hybridized carbons (Fsp3) is 0.538. The van der Waals surface area contributed by atoms with Crippen molar-refractivity contribution in [2.24, 2.45) is 5.92 Å². The topological polar surface area (TPSA) is 21.3 Å². The zero-order chi connectivity index (χ0) is 11.0. The van der Waals surface area contributed by atoms with Gasteiger partial charge in [0.1, 0.15) is 5.75 Å². The first-order valence-electron chi connectivity index (χ1n) is 5.98. The number of nitrogens with one attached hydrogen (secondary N) is 1. The lowest BCUT2D eigenvalue weighted by Crippen LogP contribution is -2.37. The van der Waals surface area contributed by atoms with Gasteiger partial charge in [-0.2, -0.15) is 0 Å². The number of halogens is 1. The van der Waals surface area contributed by atoms with E-state index in [1.54, 1.807) is 0 Å². The number of hydrogen-bond acceptors (Lipinski definition) is 2. The highest BCUT2D eigenvalue weighted by molar-refractivity contribution is 6.32. The summed E-state index contributed by atoms with van der Waals surface area (Å²) in [6, 6.07) is 6.67. The van der Waals surface area contributed by atoms with Gasteiger partial charge in [-0.1, -0.05) is 23.7 Å². The van der Waals surface area contributed by atoms with Crippen LogP contribution in [-0.2, 0) is 6.42 Å². The molecule has 3 heteroatoms. The summed E-state index contributed by atoms with van der Waals surface area (Å²) in [5.74, 6) is 1.51. The van der Waals surface area contributed by atoms with Crippen molar-refractivity contribution < 1.29 is 4.74 Å². The SMILES string of the molecule is Clc1cccc2c1OCC(C1CCCN1)C2. The maximum Gasteiger partial charge on any atom is 0.141 e. The van der Waals surface area contributed by atoms with Gasteiger partial charge in [0.2, 0.25) is 0 Å². The first kappa shape index (κ1) is 10.4. The maximum absolute atomic E-state index is 6.11. The molecule has 3 rings (SSSR count). The molecule has 1 saturated heterocycles. The smallest absolute Gasteiger partial charge is 0.141 e. The number of ether oxygens (including phenoxy) is 1. The minimum absolute atomic E-state index is 0.605. The van der Waals surface area contributed by atoms with Crippen LogP contribution in [0, 0.1) is 5.92 Å². The van der Waals surface area contributed by atoms with Gasteiger partial charge in [-0.25, -0.2) is 0 Å². The van der Waals surface area contributed by atoms with Gasteiger partial charge in [0, 0.05) is 12.0 Å². The van der Waals surface area contributed by atoms with Gasteiger partial charge < -0.3 is 10.1 Å². The second kappa shape index (κ2) is 4.27. The zero-order valence-electron chi connectivity index (χ0n) is 9.21. The van der Waals surface area contributed by atoms with Crippen LogP contribution in [-0.4, -0.2) is 19.2 Å². The molecule has 1 aromatic carbocycles. The third-order valence-corrected chi connectivity index (χ3v) is 3.94. The molecular weight excluding hydrogens is 222 g/mol. The molecule has 2 aliphatic heterocycles. The standard InChI is InChI=1S/C13H16ClNO/c14-11-4-1-3-9-7-10(8-16-13(9)11)12-5-2-6-15-12/h1,3-4,10,12,15H,2,5-8H2. The summed E-state index contributed by atoms with van der Waals surface area (Å²) in [7, 11) is 0. The highest BCUT2D eigenvalue weighted by atomic mass is 35.5. The van der Waals surface area contributed by atoms with Gasteiger partial charge in [-0.3, -0.25) is 0 Å². The van der Waals surface area contributed by atoms with Gasteiger partial charge in [0.05, 0.1) is 11.6 Å². The van der Waals surface area contributed by atoms with E-state index in [-0.39, 0.29) is 0 Å². The number of fused-ring (bicyclic) bond motifs is 1. The molecule has 1 aromatic rings. The number of benzene rings is 1. The lowest BCUT2D eigenvalue weighted by Gasteiger charge is -2.30. The van der Waals surface area contributed by atoms with Crippen molar-refractivity contribution in [1.82, 2.24) is 5.32 Å². The van der Waals surface area contributed by atoms with E-state index in [9.17, 15) is 0 Å². The van der Waals surface area contributed by atoms with Crippen molar-refractivity contribution >= 4 is 11.6 Å². The normalized spacial score (nSPS) is 28.6. The Hall–Kier alpha value is -0.730. The van der Waals surface area contributed by atoms with E-state index in [0.717, 1.165) is 30.3 Å². The molecule has 0 bridgehead atoms. The molecular formula is C13H16ClNO. The van der Waals surface area contributed by atoms with E-state index in [4.69, 9.17) is 16.3 Å². The lowest BCUT2D eigenvalue weighted by molar-refractivity contribution is 0.192. The summed E-state index contributed by atoms with van der Waals surface area (Å²) in [4.78, 5) is 0. The summed E-state index contributed by atoms with van der Waals surface area (Å²) in [6.07, 6.45) is 3.67. The monoisotopic (exact) mass is 237 g/mol. The number of para-hydroxylation sites is 1. The highest BCUT2D eigenvalue weighted by Crippen LogP contribution is 2.35. The lowest BCUT2D eigenvalue weighted by atomic mass is 9.90. The summed E-state index contributed by atoms with van der Waals surface area (Å²) in [5, 5.41) is 4.30. The van der Waals surface area contributed by atoms with Crippen molar-refractivity contribution in [3.05, 3.63) is 28.8 Å². The molecule has 0 spiro atoms. The van der Waals surface area contributed by atoms with Crippen LogP contribution in [0.4, 0.5) is 0 Å². The molecule has 2 heterocycles. The molecule has 2 aliphatic rings. The Labute approximate surface area is 101 Å².